The van der Waals surface area contributed by atoms with Gasteiger partial charge in [0.2, 0.25) is 17.6 Å². The number of benzene rings is 1. The molecule has 0 aliphatic heterocycles. The van der Waals surface area contributed by atoms with Gasteiger partial charge in [-0.05, 0) is 44.0 Å². The molecule has 0 unspecified atom stereocenters. The Labute approximate surface area is 153 Å². The van der Waals surface area contributed by atoms with Gasteiger partial charge in [0, 0.05) is 23.2 Å². The second-order valence-corrected chi connectivity index (χ2v) is 6.40. The summed E-state index contributed by atoms with van der Waals surface area (Å²) in [6.07, 6.45) is 1.77. The lowest BCUT2D eigenvalue weighted by molar-refractivity contribution is -0.136. The van der Waals surface area contributed by atoms with Crippen molar-refractivity contribution in [3.05, 3.63) is 29.8 Å². The predicted molar refractivity (Wildman–Crippen MR) is 98.1 cm³/mol. The minimum absolute atomic E-state index is 0.0262. The third-order valence-corrected chi connectivity index (χ3v) is 4.58. The molecule has 8 nitrogen and oxygen atoms in total. The van der Waals surface area contributed by atoms with Gasteiger partial charge in [-0.25, -0.2) is 0 Å². The van der Waals surface area contributed by atoms with Gasteiger partial charge in [-0.15, -0.1) is 10.2 Å². The molecule has 140 valence electrons. The van der Waals surface area contributed by atoms with Crippen LogP contribution in [0.25, 0.3) is 11.4 Å². The van der Waals surface area contributed by atoms with Crippen molar-refractivity contribution in [3.8, 4) is 11.4 Å². The largest absolute Gasteiger partial charge is 0.366 e. The Balaban J connectivity index is 2.13. The maximum Gasteiger partial charge on any atom is 0.248 e. The average molecular weight is 358 g/mol. The van der Waals surface area contributed by atoms with Gasteiger partial charge in [0.1, 0.15) is 6.54 Å². The molecular weight excluding hydrogens is 332 g/mol. The molecular formula is C18H26N6O2. The topological polar surface area (TPSA) is 107 Å². The van der Waals surface area contributed by atoms with Crippen LogP contribution in [0.2, 0.25) is 0 Å². The van der Waals surface area contributed by atoms with E-state index in [0.717, 1.165) is 12.8 Å². The first-order valence-corrected chi connectivity index (χ1v) is 8.86. The molecule has 1 aromatic heterocycles. The smallest absolute Gasteiger partial charge is 0.248 e. The van der Waals surface area contributed by atoms with Crippen LogP contribution in [0.3, 0.4) is 0 Å². The van der Waals surface area contributed by atoms with Crippen molar-refractivity contribution in [1.29, 1.82) is 0 Å². The summed E-state index contributed by atoms with van der Waals surface area (Å²) in [5.74, 6) is -0.122. The van der Waals surface area contributed by atoms with Gasteiger partial charge in [0.25, 0.3) is 0 Å². The van der Waals surface area contributed by atoms with Crippen LogP contribution in [0.1, 0.15) is 50.9 Å². The second kappa shape index (κ2) is 8.55. The van der Waals surface area contributed by atoms with Crippen molar-refractivity contribution >= 4 is 11.8 Å². The quantitative estimate of drug-likeness (QED) is 0.775. The van der Waals surface area contributed by atoms with E-state index in [2.05, 4.69) is 29.3 Å². The molecule has 0 saturated carbocycles. The van der Waals surface area contributed by atoms with Crippen molar-refractivity contribution in [2.75, 3.05) is 0 Å². The second-order valence-electron chi connectivity index (χ2n) is 6.40. The lowest BCUT2D eigenvalue weighted by Crippen LogP contribution is -2.46. The van der Waals surface area contributed by atoms with Crippen LogP contribution in [-0.2, 0) is 11.3 Å². The molecule has 2 amide bonds. The third-order valence-electron chi connectivity index (χ3n) is 4.58. The fourth-order valence-corrected chi connectivity index (χ4v) is 2.73. The van der Waals surface area contributed by atoms with Gasteiger partial charge in [-0.2, -0.15) is 4.80 Å². The molecule has 2 rings (SSSR count). The predicted octanol–water partition coefficient (Wildman–Crippen LogP) is 1.86. The maximum absolute atomic E-state index is 12.7. The zero-order valence-electron chi connectivity index (χ0n) is 15.7. The number of rotatable bonds is 8. The van der Waals surface area contributed by atoms with E-state index in [4.69, 9.17) is 5.73 Å². The highest BCUT2D eigenvalue weighted by atomic mass is 16.2. The summed E-state index contributed by atoms with van der Waals surface area (Å²) in [5.41, 5.74) is 6.35. The molecule has 0 saturated heterocycles. The summed E-state index contributed by atoms with van der Waals surface area (Å²) in [7, 11) is 0. The van der Waals surface area contributed by atoms with Crippen LogP contribution in [0.5, 0.6) is 0 Å². The van der Waals surface area contributed by atoms with E-state index in [1.807, 2.05) is 18.7 Å². The first-order valence-electron chi connectivity index (χ1n) is 8.86. The van der Waals surface area contributed by atoms with Crippen molar-refractivity contribution in [3.63, 3.8) is 0 Å². The molecule has 0 spiro atoms. The number of nitrogens with zero attached hydrogens (tertiary/aromatic N) is 5. The Morgan fingerprint density at radius 1 is 1.12 bits per heavy atom. The normalized spacial score (nSPS) is 13.2. The van der Waals surface area contributed by atoms with Crippen LogP contribution < -0.4 is 5.73 Å². The number of nitrogens with two attached hydrogens (primary N) is 1. The first kappa shape index (κ1) is 19.6. The molecule has 8 heteroatoms. The number of amides is 2. The van der Waals surface area contributed by atoms with E-state index in [9.17, 15) is 9.59 Å². The number of carbonyl (C=O) groups is 2. The fourth-order valence-electron chi connectivity index (χ4n) is 2.73. The van der Waals surface area contributed by atoms with E-state index < -0.39 is 5.91 Å². The molecule has 0 aliphatic rings. The van der Waals surface area contributed by atoms with Crippen LogP contribution in [0.4, 0.5) is 0 Å². The summed E-state index contributed by atoms with van der Waals surface area (Å²) in [6.45, 7) is 8.26. The van der Waals surface area contributed by atoms with Crippen molar-refractivity contribution in [1.82, 2.24) is 25.1 Å². The monoisotopic (exact) mass is 358 g/mol. The van der Waals surface area contributed by atoms with Crippen molar-refractivity contribution in [2.24, 2.45) is 5.73 Å². The SMILES string of the molecule is CC[C@@H](C)N(C(=O)Cn1nnc(-c2ccc(C(N)=O)cc2)n1)[C@H](C)CC. The summed E-state index contributed by atoms with van der Waals surface area (Å²) >= 11 is 0. The zero-order chi connectivity index (χ0) is 19.3. The number of hydrogen-bond acceptors (Lipinski definition) is 5. The highest BCUT2D eigenvalue weighted by Crippen LogP contribution is 2.15. The Kier molecular flexibility index (Phi) is 6.43. The Bertz CT molecular complexity index is 745. The molecule has 0 fully saturated rings. The Morgan fingerprint density at radius 2 is 1.69 bits per heavy atom. The number of carbonyl (C=O) groups excluding carboxylic acids is 2. The van der Waals surface area contributed by atoms with E-state index >= 15 is 0 Å². The van der Waals surface area contributed by atoms with Crippen LogP contribution in [0, 0.1) is 0 Å². The first-order chi connectivity index (χ1) is 12.4. The molecule has 2 aromatic rings. The number of primary amides is 1. The standard InChI is InChI=1S/C18H26N6O2/c1-5-12(3)24(13(4)6-2)16(25)11-23-21-18(20-22-23)15-9-7-14(8-10-15)17(19)26/h7-10,12-13H,5-6,11H2,1-4H3,(H2,19,26)/t12-,13-/m1/s1. The van der Waals surface area contributed by atoms with Crippen LogP contribution >= 0.6 is 0 Å². The summed E-state index contributed by atoms with van der Waals surface area (Å²) in [4.78, 5) is 27.1. The summed E-state index contributed by atoms with van der Waals surface area (Å²) in [6, 6.07) is 6.93. The number of aromatic nitrogens is 4. The zero-order valence-corrected chi connectivity index (χ0v) is 15.7. The molecule has 0 bridgehead atoms. The Hall–Kier alpha value is -2.77. The van der Waals surface area contributed by atoms with Gasteiger partial charge in [0.05, 0.1) is 0 Å². The van der Waals surface area contributed by atoms with Crippen LogP contribution in [0.15, 0.2) is 24.3 Å². The van der Waals surface area contributed by atoms with E-state index in [-0.39, 0.29) is 24.5 Å². The lowest BCUT2D eigenvalue weighted by Gasteiger charge is -2.33. The molecule has 1 aromatic carbocycles. The van der Waals surface area contributed by atoms with Gasteiger partial charge in [0.15, 0.2) is 0 Å². The molecule has 0 radical (unpaired) electrons. The number of hydrogen-bond donors (Lipinski definition) is 1. The van der Waals surface area contributed by atoms with Gasteiger partial charge < -0.3 is 10.6 Å². The minimum atomic E-state index is -0.492. The summed E-state index contributed by atoms with van der Waals surface area (Å²) in [5, 5.41) is 12.3. The minimum Gasteiger partial charge on any atom is -0.366 e. The third kappa shape index (κ3) is 4.44. The van der Waals surface area contributed by atoms with Gasteiger partial charge in [-0.3, -0.25) is 9.59 Å². The maximum atomic E-state index is 12.7. The summed E-state index contributed by atoms with van der Waals surface area (Å²) < 4.78 is 0. The molecule has 0 aliphatic carbocycles. The molecule has 2 atom stereocenters. The van der Waals surface area contributed by atoms with E-state index in [1.54, 1.807) is 24.3 Å². The molecule has 1 heterocycles. The van der Waals surface area contributed by atoms with Crippen molar-refractivity contribution < 1.29 is 9.59 Å². The number of tetrazole rings is 1. The van der Waals surface area contributed by atoms with E-state index in [1.165, 1.54) is 4.80 Å². The molecule has 2 N–H and O–H groups in total. The van der Waals surface area contributed by atoms with Crippen LogP contribution in [-0.4, -0.2) is 49.0 Å². The van der Waals surface area contributed by atoms with Crippen molar-refractivity contribution in [2.45, 2.75) is 59.2 Å². The van der Waals surface area contributed by atoms with E-state index in [0.29, 0.717) is 17.0 Å². The van der Waals surface area contributed by atoms with Gasteiger partial charge >= 0.3 is 0 Å². The fraction of sp³-hybridized carbons (Fsp3) is 0.500. The molecule has 26 heavy (non-hydrogen) atoms. The average Bonchev–Trinajstić information content (AvgIpc) is 3.09. The Morgan fingerprint density at radius 3 is 2.19 bits per heavy atom. The van der Waals surface area contributed by atoms with Gasteiger partial charge in [-0.1, -0.05) is 26.0 Å². The highest BCUT2D eigenvalue weighted by Gasteiger charge is 2.24. The highest BCUT2D eigenvalue weighted by molar-refractivity contribution is 5.93. The lowest BCUT2D eigenvalue weighted by atomic mass is 10.1.